The van der Waals surface area contributed by atoms with Crippen LogP contribution in [0.5, 0.6) is 0 Å². The van der Waals surface area contributed by atoms with Gasteiger partial charge in [0.2, 0.25) is 0 Å². The van der Waals surface area contributed by atoms with Gasteiger partial charge in [-0.05, 0) is 24.3 Å². The van der Waals surface area contributed by atoms with Crippen LogP contribution in [0.4, 0.5) is 9.52 Å². The summed E-state index contributed by atoms with van der Waals surface area (Å²) in [6.07, 6.45) is 0. The summed E-state index contributed by atoms with van der Waals surface area (Å²) in [5.74, 6) is -0.657. The lowest BCUT2D eigenvalue weighted by atomic mass is 10.3. The second kappa shape index (κ2) is 5.25. The Labute approximate surface area is 129 Å². The van der Waals surface area contributed by atoms with Gasteiger partial charge in [0.1, 0.15) is 5.52 Å². The third kappa shape index (κ3) is 2.72. The lowest BCUT2D eigenvalue weighted by molar-refractivity contribution is 0.601. The first-order valence-corrected chi connectivity index (χ1v) is 8.47. The Bertz CT molecular complexity index is 911. The van der Waals surface area contributed by atoms with Crippen molar-refractivity contribution in [3.8, 4) is 0 Å². The molecule has 3 rings (SSSR count). The van der Waals surface area contributed by atoms with Crippen molar-refractivity contribution >= 4 is 48.3 Å². The van der Waals surface area contributed by atoms with Crippen molar-refractivity contribution in [2.75, 3.05) is 4.72 Å². The molecule has 2 aromatic carbocycles. The second-order valence-corrected chi connectivity index (χ2v) is 7.27. The number of nitrogens with zero attached hydrogens (tertiary/aromatic N) is 1. The maximum absolute atomic E-state index is 13.8. The third-order valence-corrected chi connectivity index (χ3v) is 5.44. The van der Waals surface area contributed by atoms with Gasteiger partial charge in [0.05, 0.1) is 14.6 Å². The number of fused-ring (bicyclic) bond motifs is 1. The van der Waals surface area contributed by atoms with E-state index in [9.17, 15) is 12.8 Å². The minimum atomic E-state index is -3.74. The molecule has 0 radical (unpaired) electrons. The fraction of sp³-hybridized carbons (Fsp3) is 0. The van der Waals surface area contributed by atoms with Crippen LogP contribution >= 0.6 is 22.9 Å². The first-order chi connectivity index (χ1) is 9.97. The molecule has 3 aromatic rings. The molecule has 0 atom stereocenters. The Morgan fingerprint density at radius 1 is 1.14 bits per heavy atom. The molecule has 4 nitrogen and oxygen atoms in total. The van der Waals surface area contributed by atoms with Gasteiger partial charge in [0.15, 0.2) is 10.9 Å². The van der Waals surface area contributed by atoms with E-state index in [-0.39, 0.29) is 20.6 Å². The summed E-state index contributed by atoms with van der Waals surface area (Å²) in [4.78, 5) is 4.07. The Morgan fingerprint density at radius 2 is 1.86 bits per heavy atom. The van der Waals surface area contributed by atoms with Crippen molar-refractivity contribution in [1.29, 1.82) is 0 Å². The maximum atomic E-state index is 13.8. The van der Waals surface area contributed by atoms with Gasteiger partial charge in [-0.2, -0.15) is 0 Å². The molecule has 0 saturated heterocycles. The van der Waals surface area contributed by atoms with Crippen molar-refractivity contribution < 1.29 is 12.8 Å². The van der Waals surface area contributed by atoms with E-state index in [0.29, 0.717) is 4.70 Å². The topological polar surface area (TPSA) is 59.1 Å². The first kappa shape index (κ1) is 14.2. The zero-order chi connectivity index (χ0) is 15.0. The van der Waals surface area contributed by atoms with Gasteiger partial charge in [0.25, 0.3) is 10.0 Å². The number of nitrogens with one attached hydrogen (secondary N) is 1. The average molecular weight is 343 g/mol. The van der Waals surface area contributed by atoms with Crippen LogP contribution in [0.2, 0.25) is 5.02 Å². The smallest absolute Gasteiger partial charge is 0.255 e. The van der Waals surface area contributed by atoms with Crippen LogP contribution in [0.3, 0.4) is 0 Å². The van der Waals surface area contributed by atoms with E-state index in [0.717, 1.165) is 11.3 Å². The number of anilines is 1. The second-order valence-electron chi connectivity index (χ2n) is 4.15. The summed E-state index contributed by atoms with van der Waals surface area (Å²) in [6.45, 7) is 0. The first-order valence-electron chi connectivity index (χ1n) is 5.80. The molecule has 1 N–H and O–H groups in total. The van der Waals surface area contributed by atoms with Crippen molar-refractivity contribution in [2.24, 2.45) is 0 Å². The molecule has 0 saturated carbocycles. The van der Waals surface area contributed by atoms with E-state index in [2.05, 4.69) is 9.71 Å². The molecule has 1 heterocycles. The van der Waals surface area contributed by atoms with Crippen molar-refractivity contribution in [3.05, 3.63) is 53.3 Å². The zero-order valence-corrected chi connectivity index (χ0v) is 12.8. The predicted molar refractivity (Wildman–Crippen MR) is 81.8 cm³/mol. The molecule has 1 aromatic heterocycles. The molecule has 108 valence electrons. The molecule has 0 spiro atoms. The van der Waals surface area contributed by atoms with Gasteiger partial charge in [-0.3, -0.25) is 4.72 Å². The highest BCUT2D eigenvalue weighted by molar-refractivity contribution is 7.93. The van der Waals surface area contributed by atoms with E-state index >= 15 is 0 Å². The SMILES string of the molecule is O=S(=O)(Nc1nc2c(F)c(Cl)ccc2s1)c1ccccc1. The molecule has 0 aliphatic heterocycles. The number of thiazole rings is 1. The number of benzene rings is 2. The highest BCUT2D eigenvalue weighted by Crippen LogP contribution is 2.32. The Kier molecular flexibility index (Phi) is 3.56. The molecular formula is C13H8ClFN2O2S2. The van der Waals surface area contributed by atoms with Gasteiger partial charge < -0.3 is 0 Å². The van der Waals surface area contributed by atoms with Crippen LogP contribution < -0.4 is 4.72 Å². The summed E-state index contributed by atoms with van der Waals surface area (Å²) < 4.78 is 41.0. The Hall–Kier alpha value is -1.70. The van der Waals surface area contributed by atoms with Crippen LogP contribution in [0.15, 0.2) is 47.4 Å². The highest BCUT2D eigenvalue weighted by atomic mass is 35.5. The molecule has 0 amide bonds. The minimum Gasteiger partial charge on any atom is -0.255 e. The molecule has 8 heteroatoms. The lowest BCUT2D eigenvalue weighted by Crippen LogP contribution is -2.12. The molecular weight excluding hydrogens is 335 g/mol. The largest absolute Gasteiger partial charge is 0.263 e. The number of hydrogen-bond donors (Lipinski definition) is 1. The maximum Gasteiger partial charge on any atom is 0.263 e. The highest BCUT2D eigenvalue weighted by Gasteiger charge is 2.17. The zero-order valence-electron chi connectivity index (χ0n) is 10.4. The van der Waals surface area contributed by atoms with Crippen molar-refractivity contribution in [2.45, 2.75) is 4.90 Å². The number of sulfonamides is 1. The van der Waals surface area contributed by atoms with Gasteiger partial charge in [-0.1, -0.05) is 41.1 Å². The van der Waals surface area contributed by atoms with Crippen LogP contribution in [0.1, 0.15) is 0 Å². The Morgan fingerprint density at radius 3 is 2.57 bits per heavy atom. The number of rotatable bonds is 3. The summed E-state index contributed by atoms with van der Waals surface area (Å²) in [5.41, 5.74) is 0.0539. The van der Waals surface area contributed by atoms with Gasteiger partial charge in [-0.15, -0.1) is 0 Å². The summed E-state index contributed by atoms with van der Waals surface area (Å²) >= 11 is 6.72. The van der Waals surface area contributed by atoms with Crippen molar-refractivity contribution in [1.82, 2.24) is 4.98 Å². The summed E-state index contributed by atoms with van der Waals surface area (Å²) in [5, 5.41) is 0.0419. The molecule has 0 aliphatic rings. The van der Waals surface area contributed by atoms with Gasteiger partial charge in [0, 0.05) is 0 Å². The van der Waals surface area contributed by atoms with Crippen LogP contribution in [-0.4, -0.2) is 13.4 Å². The van der Waals surface area contributed by atoms with Crippen LogP contribution in [-0.2, 0) is 10.0 Å². The fourth-order valence-corrected chi connectivity index (χ4v) is 4.02. The van der Waals surface area contributed by atoms with E-state index < -0.39 is 15.8 Å². The Balaban J connectivity index is 2.01. The van der Waals surface area contributed by atoms with E-state index in [1.807, 2.05) is 0 Å². The van der Waals surface area contributed by atoms with E-state index in [1.165, 1.54) is 18.2 Å². The van der Waals surface area contributed by atoms with Crippen LogP contribution in [0.25, 0.3) is 10.2 Å². The normalized spacial score (nSPS) is 11.7. The average Bonchev–Trinajstić information content (AvgIpc) is 2.87. The quantitative estimate of drug-likeness (QED) is 0.785. The fourth-order valence-electron chi connectivity index (χ4n) is 1.75. The van der Waals surface area contributed by atoms with Gasteiger partial charge in [-0.25, -0.2) is 17.8 Å². The van der Waals surface area contributed by atoms with E-state index in [4.69, 9.17) is 11.6 Å². The van der Waals surface area contributed by atoms with E-state index in [1.54, 1.807) is 24.3 Å². The molecule has 0 aliphatic carbocycles. The van der Waals surface area contributed by atoms with Crippen LogP contribution in [0, 0.1) is 5.82 Å². The molecule has 0 bridgehead atoms. The number of halogens is 2. The summed E-state index contributed by atoms with van der Waals surface area (Å²) in [7, 11) is -3.74. The van der Waals surface area contributed by atoms with Crippen molar-refractivity contribution in [3.63, 3.8) is 0 Å². The number of hydrogen-bond acceptors (Lipinski definition) is 4. The number of aromatic nitrogens is 1. The standard InChI is InChI=1S/C13H8ClFN2O2S2/c14-9-6-7-10-12(11(9)15)16-13(20-10)17-21(18,19)8-4-2-1-3-5-8/h1-7H,(H,16,17). The molecule has 0 fully saturated rings. The molecule has 21 heavy (non-hydrogen) atoms. The van der Waals surface area contributed by atoms with Gasteiger partial charge >= 0.3 is 0 Å². The monoisotopic (exact) mass is 342 g/mol. The minimum absolute atomic E-state index is 0.0507. The third-order valence-electron chi connectivity index (χ3n) is 2.73. The molecule has 0 unspecified atom stereocenters. The summed E-state index contributed by atoms with van der Waals surface area (Å²) in [6, 6.07) is 10.9. The predicted octanol–water partition coefficient (Wildman–Crippen LogP) is 3.89. The lowest BCUT2D eigenvalue weighted by Gasteiger charge is -2.03.